The van der Waals surface area contributed by atoms with E-state index in [2.05, 4.69) is 11.8 Å². The summed E-state index contributed by atoms with van der Waals surface area (Å²) in [6.45, 7) is 3.23. The third-order valence-electron chi connectivity index (χ3n) is 5.45. The molecule has 0 spiro atoms. The molecule has 0 bridgehead atoms. The summed E-state index contributed by atoms with van der Waals surface area (Å²) in [4.78, 5) is 15.0. The Hall–Kier alpha value is -1.35. The summed E-state index contributed by atoms with van der Waals surface area (Å²) in [6.07, 6.45) is 6.11. The molecule has 1 amide bonds. The summed E-state index contributed by atoms with van der Waals surface area (Å²) in [5, 5.41) is 0. The molecule has 1 heterocycles. The molecule has 1 aromatic rings. The van der Waals surface area contributed by atoms with Crippen LogP contribution in [0.5, 0.6) is 0 Å². The van der Waals surface area contributed by atoms with E-state index in [1.54, 1.807) is 0 Å². The molecule has 1 aliphatic heterocycles. The quantitative estimate of drug-likeness (QED) is 0.908. The van der Waals surface area contributed by atoms with Crippen LogP contribution in [0.2, 0.25) is 0 Å². The zero-order valence-electron chi connectivity index (χ0n) is 12.9. The van der Waals surface area contributed by atoms with Crippen molar-refractivity contribution in [2.24, 2.45) is 17.6 Å². The lowest BCUT2D eigenvalue weighted by molar-refractivity contribution is -0.140. The first-order valence-electron chi connectivity index (χ1n) is 8.29. The second-order valence-corrected chi connectivity index (χ2v) is 6.70. The van der Waals surface area contributed by atoms with Crippen molar-refractivity contribution in [2.75, 3.05) is 6.54 Å². The highest BCUT2D eigenvalue weighted by Gasteiger charge is 2.40. The summed E-state index contributed by atoms with van der Waals surface area (Å²) in [5.41, 5.74) is 7.16. The zero-order chi connectivity index (χ0) is 14.8. The van der Waals surface area contributed by atoms with Crippen molar-refractivity contribution in [3.05, 3.63) is 35.9 Å². The van der Waals surface area contributed by atoms with Gasteiger partial charge in [-0.15, -0.1) is 0 Å². The summed E-state index contributed by atoms with van der Waals surface area (Å²) >= 11 is 0. The van der Waals surface area contributed by atoms with Crippen LogP contribution in [0, 0.1) is 11.8 Å². The lowest BCUT2D eigenvalue weighted by atomic mass is 9.72. The highest BCUT2D eigenvalue weighted by molar-refractivity contribution is 5.83. The number of likely N-dealkylation sites (tertiary alicyclic amines) is 1. The van der Waals surface area contributed by atoms with Crippen LogP contribution in [0.25, 0.3) is 0 Å². The fraction of sp³-hybridized carbons (Fsp3) is 0.611. The van der Waals surface area contributed by atoms with Gasteiger partial charge in [-0.1, -0.05) is 50.1 Å². The van der Waals surface area contributed by atoms with E-state index in [-0.39, 0.29) is 5.91 Å². The van der Waals surface area contributed by atoms with Crippen molar-refractivity contribution < 1.29 is 4.79 Å². The molecular formula is C18H26N2O. The summed E-state index contributed by atoms with van der Waals surface area (Å²) in [7, 11) is 0. The Bertz CT molecular complexity index is 487. The van der Waals surface area contributed by atoms with Crippen LogP contribution in [0.4, 0.5) is 0 Å². The van der Waals surface area contributed by atoms with Crippen LogP contribution in [-0.4, -0.2) is 23.4 Å². The minimum atomic E-state index is -0.512. The number of carbonyl (C=O) groups excluding carboxylic acids is 1. The van der Waals surface area contributed by atoms with Crippen molar-refractivity contribution in [3.63, 3.8) is 0 Å². The molecule has 2 N–H and O–H groups in total. The van der Waals surface area contributed by atoms with E-state index < -0.39 is 6.04 Å². The third kappa shape index (κ3) is 2.84. The number of hydrogen-bond acceptors (Lipinski definition) is 2. The van der Waals surface area contributed by atoms with Gasteiger partial charge in [-0.25, -0.2) is 0 Å². The van der Waals surface area contributed by atoms with E-state index in [0.717, 1.165) is 30.9 Å². The van der Waals surface area contributed by atoms with Crippen molar-refractivity contribution in [1.82, 2.24) is 4.90 Å². The Labute approximate surface area is 127 Å². The van der Waals surface area contributed by atoms with Gasteiger partial charge in [-0.3, -0.25) is 4.79 Å². The Balaban J connectivity index is 1.77. The van der Waals surface area contributed by atoms with Gasteiger partial charge in [0.2, 0.25) is 5.91 Å². The molecule has 3 unspecified atom stereocenters. The highest BCUT2D eigenvalue weighted by atomic mass is 16.2. The number of amides is 1. The molecule has 3 heteroatoms. The van der Waals surface area contributed by atoms with Gasteiger partial charge in [-0.05, 0) is 36.7 Å². The first-order chi connectivity index (χ1) is 10.2. The van der Waals surface area contributed by atoms with Crippen LogP contribution < -0.4 is 5.73 Å². The maximum atomic E-state index is 12.9. The van der Waals surface area contributed by atoms with Gasteiger partial charge in [0.1, 0.15) is 6.04 Å². The molecule has 114 valence electrons. The first kappa shape index (κ1) is 14.6. The SMILES string of the molecule is CC1CCN(C(=O)[C@H](N)c2ccccc2)C2CCCCC12. The molecular weight excluding hydrogens is 260 g/mol. The molecule has 21 heavy (non-hydrogen) atoms. The van der Waals surface area contributed by atoms with Gasteiger partial charge in [0.25, 0.3) is 0 Å². The predicted molar refractivity (Wildman–Crippen MR) is 84.6 cm³/mol. The lowest BCUT2D eigenvalue weighted by Crippen LogP contribution is -2.54. The number of carbonyl (C=O) groups is 1. The van der Waals surface area contributed by atoms with E-state index in [0.29, 0.717) is 12.0 Å². The van der Waals surface area contributed by atoms with Crippen molar-refractivity contribution in [2.45, 2.75) is 51.1 Å². The normalized spacial score (nSPS) is 30.6. The van der Waals surface area contributed by atoms with Gasteiger partial charge in [-0.2, -0.15) is 0 Å². The number of nitrogens with zero attached hydrogens (tertiary/aromatic N) is 1. The minimum Gasteiger partial charge on any atom is -0.338 e. The highest BCUT2D eigenvalue weighted by Crippen LogP contribution is 2.39. The van der Waals surface area contributed by atoms with Crippen LogP contribution in [0.1, 0.15) is 50.6 Å². The lowest BCUT2D eigenvalue weighted by Gasteiger charge is -2.48. The molecule has 3 rings (SSSR count). The molecule has 1 aromatic carbocycles. The van der Waals surface area contributed by atoms with E-state index >= 15 is 0 Å². The van der Waals surface area contributed by atoms with E-state index in [9.17, 15) is 4.79 Å². The maximum Gasteiger partial charge on any atom is 0.244 e. The number of rotatable bonds is 2. The largest absolute Gasteiger partial charge is 0.338 e. The molecule has 2 fully saturated rings. The number of nitrogens with two attached hydrogens (primary N) is 1. The number of fused-ring (bicyclic) bond motifs is 1. The van der Waals surface area contributed by atoms with Gasteiger partial charge >= 0.3 is 0 Å². The average Bonchev–Trinajstić information content (AvgIpc) is 2.55. The molecule has 1 saturated carbocycles. The summed E-state index contributed by atoms with van der Waals surface area (Å²) in [6, 6.07) is 9.67. The van der Waals surface area contributed by atoms with Crippen LogP contribution in [-0.2, 0) is 4.79 Å². The fourth-order valence-electron chi connectivity index (χ4n) is 4.17. The average molecular weight is 286 g/mol. The van der Waals surface area contributed by atoms with E-state index in [1.807, 2.05) is 30.3 Å². The summed E-state index contributed by atoms with van der Waals surface area (Å²) < 4.78 is 0. The van der Waals surface area contributed by atoms with Crippen molar-refractivity contribution in [1.29, 1.82) is 0 Å². The van der Waals surface area contributed by atoms with Gasteiger partial charge < -0.3 is 10.6 Å². The number of piperidine rings is 1. The molecule has 2 aliphatic rings. The van der Waals surface area contributed by atoms with Crippen LogP contribution in [0.3, 0.4) is 0 Å². The molecule has 1 saturated heterocycles. The maximum absolute atomic E-state index is 12.9. The zero-order valence-corrected chi connectivity index (χ0v) is 12.9. The Morgan fingerprint density at radius 3 is 2.67 bits per heavy atom. The molecule has 1 aliphatic carbocycles. The van der Waals surface area contributed by atoms with Crippen molar-refractivity contribution in [3.8, 4) is 0 Å². The second kappa shape index (κ2) is 6.18. The standard InChI is InChI=1S/C18H26N2O/c1-13-11-12-20(16-10-6-5-9-15(13)16)18(21)17(19)14-7-3-2-4-8-14/h2-4,7-8,13,15-17H,5-6,9-12,19H2,1H3/t13?,15?,16?,17-/m1/s1. The molecule has 3 nitrogen and oxygen atoms in total. The monoisotopic (exact) mass is 286 g/mol. The van der Waals surface area contributed by atoms with E-state index in [4.69, 9.17) is 5.73 Å². The fourth-order valence-corrected chi connectivity index (χ4v) is 4.17. The van der Waals surface area contributed by atoms with Crippen LogP contribution in [0.15, 0.2) is 30.3 Å². The second-order valence-electron chi connectivity index (χ2n) is 6.70. The van der Waals surface area contributed by atoms with Gasteiger partial charge in [0, 0.05) is 12.6 Å². The van der Waals surface area contributed by atoms with Crippen molar-refractivity contribution >= 4 is 5.91 Å². The molecule has 0 radical (unpaired) electrons. The predicted octanol–water partition coefficient (Wildman–Crippen LogP) is 3.11. The molecule has 0 aromatic heterocycles. The summed E-state index contributed by atoms with van der Waals surface area (Å²) in [5.74, 6) is 1.54. The Morgan fingerprint density at radius 1 is 1.19 bits per heavy atom. The number of benzene rings is 1. The topological polar surface area (TPSA) is 46.3 Å². The Kier molecular flexibility index (Phi) is 4.29. The molecule has 4 atom stereocenters. The number of hydrogen-bond donors (Lipinski definition) is 1. The van der Waals surface area contributed by atoms with Gasteiger partial charge in [0.15, 0.2) is 0 Å². The first-order valence-corrected chi connectivity index (χ1v) is 8.29. The van der Waals surface area contributed by atoms with Gasteiger partial charge in [0.05, 0.1) is 0 Å². The third-order valence-corrected chi connectivity index (χ3v) is 5.45. The Morgan fingerprint density at radius 2 is 1.90 bits per heavy atom. The minimum absolute atomic E-state index is 0.116. The van der Waals surface area contributed by atoms with Crippen LogP contribution >= 0.6 is 0 Å². The smallest absolute Gasteiger partial charge is 0.244 e. The van der Waals surface area contributed by atoms with E-state index in [1.165, 1.54) is 19.3 Å².